The fraction of sp³-hybridized carbons (Fsp3) is 0.600. The van der Waals surface area contributed by atoms with Crippen molar-refractivity contribution in [3.63, 3.8) is 0 Å². The van der Waals surface area contributed by atoms with Crippen LogP contribution in [0, 0.1) is 0 Å². The lowest BCUT2D eigenvalue weighted by molar-refractivity contribution is 0.0970. The summed E-state index contributed by atoms with van der Waals surface area (Å²) < 4.78 is 0. The van der Waals surface area contributed by atoms with Gasteiger partial charge in [0.1, 0.15) is 0 Å². The fourth-order valence-electron chi connectivity index (χ4n) is 4.07. The quantitative estimate of drug-likeness (QED) is 0.314. The van der Waals surface area contributed by atoms with E-state index in [4.69, 9.17) is 11.1 Å². The van der Waals surface area contributed by atoms with E-state index in [0.717, 1.165) is 45.8 Å². The summed E-state index contributed by atoms with van der Waals surface area (Å²) in [6, 6.07) is 8.96. The number of rotatable bonds is 8. The van der Waals surface area contributed by atoms with Crippen LogP contribution < -0.4 is 5.32 Å². The molecule has 1 saturated heterocycles. The first kappa shape index (κ1) is 21.2. The van der Waals surface area contributed by atoms with Crippen molar-refractivity contribution in [2.24, 2.45) is 10.2 Å². The molecule has 9 nitrogen and oxygen atoms in total. The summed E-state index contributed by atoms with van der Waals surface area (Å²) in [5.41, 5.74) is 21.3. The number of nitrogens with zero attached hydrogens (tertiary/aromatic N) is 8. The molecule has 0 spiro atoms. The Bertz CT molecular complexity index is 763. The molecule has 0 amide bonds. The predicted molar refractivity (Wildman–Crippen MR) is 114 cm³/mol. The predicted octanol–water partition coefficient (Wildman–Crippen LogP) is 3.43. The molecule has 3 rings (SSSR count). The van der Waals surface area contributed by atoms with Gasteiger partial charge in [0.25, 0.3) is 0 Å². The highest BCUT2D eigenvalue weighted by molar-refractivity contribution is 5.30. The van der Waals surface area contributed by atoms with E-state index in [-0.39, 0.29) is 6.04 Å². The van der Waals surface area contributed by atoms with Crippen LogP contribution in [0.1, 0.15) is 24.0 Å². The first-order valence-corrected chi connectivity index (χ1v) is 10.1. The Morgan fingerprint density at radius 3 is 2.31 bits per heavy atom. The Hall–Kier alpha value is -2.54. The van der Waals surface area contributed by atoms with E-state index in [2.05, 4.69) is 72.4 Å². The second-order valence-corrected chi connectivity index (χ2v) is 7.78. The van der Waals surface area contributed by atoms with Crippen molar-refractivity contribution in [1.29, 1.82) is 0 Å². The van der Waals surface area contributed by atoms with E-state index in [1.807, 2.05) is 0 Å². The lowest BCUT2D eigenvalue weighted by Crippen LogP contribution is -2.51. The van der Waals surface area contributed by atoms with Crippen LogP contribution in [-0.4, -0.2) is 68.2 Å². The van der Waals surface area contributed by atoms with Gasteiger partial charge in [-0.25, -0.2) is 0 Å². The highest BCUT2D eigenvalue weighted by Gasteiger charge is 2.23. The maximum absolute atomic E-state index is 8.58. The van der Waals surface area contributed by atoms with Gasteiger partial charge in [0, 0.05) is 80.7 Å². The van der Waals surface area contributed by atoms with Gasteiger partial charge in [-0.2, -0.15) is 0 Å². The molecule has 9 heteroatoms. The van der Waals surface area contributed by atoms with Crippen LogP contribution in [0.15, 0.2) is 46.1 Å². The zero-order valence-corrected chi connectivity index (χ0v) is 17.0. The number of hydrogen-bond acceptors (Lipinski definition) is 5. The second-order valence-electron chi connectivity index (χ2n) is 7.78. The lowest BCUT2D eigenvalue weighted by Gasteiger charge is -2.38. The van der Waals surface area contributed by atoms with Crippen molar-refractivity contribution in [3.05, 3.63) is 67.9 Å². The van der Waals surface area contributed by atoms with E-state index in [1.54, 1.807) is 0 Å². The maximum Gasteiger partial charge on any atom is 0.0415 e. The van der Waals surface area contributed by atoms with Gasteiger partial charge in [0.05, 0.1) is 0 Å². The van der Waals surface area contributed by atoms with Crippen molar-refractivity contribution >= 4 is 0 Å². The summed E-state index contributed by atoms with van der Waals surface area (Å²) in [6.07, 6.45) is 2.37. The van der Waals surface area contributed by atoms with E-state index in [0.29, 0.717) is 19.0 Å². The largest absolute Gasteiger partial charge is 0.312 e. The molecular formula is C20H29N9. The SMILES string of the molecule is CC1=CC(c2ccc(CN3CCN(C(CN=[N+]=[N-])CN=[N+]=[N-])CC3)cc2)CNC1. The van der Waals surface area contributed by atoms with Crippen molar-refractivity contribution in [3.8, 4) is 0 Å². The minimum absolute atomic E-state index is 0.0242. The number of piperazine rings is 1. The van der Waals surface area contributed by atoms with E-state index in [1.165, 1.54) is 16.7 Å². The molecule has 2 aliphatic heterocycles. The van der Waals surface area contributed by atoms with Gasteiger partial charge in [0.2, 0.25) is 0 Å². The smallest absolute Gasteiger partial charge is 0.0415 e. The Morgan fingerprint density at radius 1 is 1.07 bits per heavy atom. The summed E-state index contributed by atoms with van der Waals surface area (Å²) in [7, 11) is 0. The van der Waals surface area contributed by atoms with Crippen LogP contribution in [0.2, 0.25) is 0 Å². The molecule has 0 bridgehead atoms. The first-order chi connectivity index (χ1) is 14.2. The van der Waals surface area contributed by atoms with Crippen LogP contribution in [-0.2, 0) is 6.54 Å². The Morgan fingerprint density at radius 2 is 1.72 bits per heavy atom. The Kier molecular flexibility index (Phi) is 7.93. The highest BCUT2D eigenvalue weighted by Crippen LogP contribution is 2.22. The van der Waals surface area contributed by atoms with Crippen LogP contribution in [0.3, 0.4) is 0 Å². The summed E-state index contributed by atoms with van der Waals surface area (Å²) in [5.74, 6) is 0.463. The first-order valence-electron chi connectivity index (χ1n) is 10.1. The highest BCUT2D eigenvalue weighted by atomic mass is 15.3. The van der Waals surface area contributed by atoms with Gasteiger partial charge in [-0.3, -0.25) is 9.80 Å². The van der Waals surface area contributed by atoms with Gasteiger partial charge < -0.3 is 5.32 Å². The number of hydrogen-bond donors (Lipinski definition) is 1. The van der Waals surface area contributed by atoms with E-state index >= 15 is 0 Å². The second kappa shape index (κ2) is 10.9. The topological polar surface area (TPSA) is 116 Å². The van der Waals surface area contributed by atoms with Crippen molar-refractivity contribution < 1.29 is 0 Å². The average Bonchev–Trinajstić information content (AvgIpc) is 2.75. The number of nitrogens with one attached hydrogen (secondary N) is 1. The molecule has 1 N–H and O–H groups in total. The molecule has 1 aromatic carbocycles. The molecule has 1 fully saturated rings. The van der Waals surface area contributed by atoms with Crippen molar-refractivity contribution in [2.45, 2.75) is 25.4 Å². The van der Waals surface area contributed by atoms with Crippen molar-refractivity contribution in [2.75, 3.05) is 52.4 Å². The molecule has 0 saturated carbocycles. The zero-order valence-electron chi connectivity index (χ0n) is 17.0. The third-order valence-corrected chi connectivity index (χ3v) is 5.70. The normalized spacial score (nSPS) is 21.6. The number of benzene rings is 1. The molecule has 154 valence electrons. The van der Waals surface area contributed by atoms with Gasteiger partial charge in [-0.1, -0.05) is 46.1 Å². The molecule has 2 aliphatic rings. The lowest BCUT2D eigenvalue weighted by atomic mass is 9.93. The maximum atomic E-state index is 8.58. The minimum Gasteiger partial charge on any atom is -0.312 e. The number of azide groups is 2. The third-order valence-electron chi connectivity index (χ3n) is 5.70. The standard InChI is InChI=1S/C20H29N9/c1-16-10-19(12-23-11-16)18-4-2-17(3-5-18)15-28-6-8-29(9-7-28)20(13-24-26-21)14-25-27-22/h2-5,10,19-20,23H,6-9,11-15H2,1H3. The Labute approximate surface area is 171 Å². The van der Waals surface area contributed by atoms with Gasteiger partial charge in [-0.05, 0) is 29.1 Å². The monoisotopic (exact) mass is 395 g/mol. The molecule has 0 aliphatic carbocycles. The van der Waals surface area contributed by atoms with E-state index < -0.39 is 0 Å². The Balaban J connectivity index is 1.51. The van der Waals surface area contributed by atoms with Crippen LogP contribution in [0.25, 0.3) is 20.9 Å². The van der Waals surface area contributed by atoms with E-state index in [9.17, 15) is 0 Å². The average molecular weight is 396 g/mol. The molecule has 2 heterocycles. The van der Waals surface area contributed by atoms with Gasteiger partial charge in [-0.15, -0.1) is 0 Å². The molecule has 0 aromatic heterocycles. The molecule has 1 unspecified atom stereocenters. The molecule has 1 atom stereocenters. The summed E-state index contributed by atoms with van der Waals surface area (Å²) in [4.78, 5) is 10.4. The summed E-state index contributed by atoms with van der Waals surface area (Å²) >= 11 is 0. The molecule has 0 radical (unpaired) electrons. The molecule has 29 heavy (non-hydrogen) atoms. The fourth-order valence-corrected chi connectivity index (χ4v) is 4.07. The zero-order chi connectivity index (χ0) is 20.5. The minimum atomic E-state index is -0.0242. The van der Waals surface area contributed by atoms with Gasteiger partial charge in [0.15, 0.2) is 0 Å². The molecule has 1 aromatic rings. The van der Waals surface area contributed by atoms with Crippen molar-refractivity contribution in [1.82, 2.24) is 15.1 Å². The third kappa shape index (κ3) is 6.22. The van der Waals surface area contributed by atoms with Crippen LogP contribution in [0.4, 0.5) is 0 Å². The van der Waals surface area contributed by atoms with Crippen LogP contribution in [0.5, 0.6) is 0 Å². The summed E-state index contributed by atoms with van der Waals surface area (Å²) in [5, 5.41) is 10.8. The summed E-state index contributed by atoms with van der Waals surface area (Å²) in [6.45, 7) is 9.42. The van der Waals surface area contributed by atoms with Gasteiger partial charge >= 0.3 is 0 Å². The van der Waals surface area contributed by atoms with Crippen LogP contribution >= 0.6 is 0 Å². The molecular weight excluding hydrogens is 366 g/mol.